The van der Waals surface area contributed by atoms with Gasteiger partial charge in [0.2, 0.25) is 0 Å². The molecule has 2 unspecified atom stereocenters. The number of benzene rings is 1. The topological polar surface area (TPSA) is 49.8 Å². The average Bonchev–Trinajstić information content (AvgIpc) is 2.95. The monoisotopic (exact) mass is 277 g/mol. The van der Waals surface area contributed by atoms with E-state index in [1.54, 1.807) is 7.11 Å². The minimum atomic E-state index is -0.105. The van der Waals surface area contributed by atoms with Gasteiger partial charge in [-0.1, -0.05) is 0 Å². The van der Waals surface area contributed by atoms with Crippen LogP contribution < -0.4 is 4.74 Å². The molecule has 1 N–H and O–H groups in total. The number of hydrogen-bond acceptors (Lipinski definition) is 4. The summed E-state index contributed by atoms with van der Waals surface area (Å²) >= 11 is 0. The van der Waals surface area contributed by atoms with Crippen LogP contribution >= 0.6 is 0 Å². The number of ketones is 1. The molecule has 2 atom stereocenters. The number of carbonyl (C=O) groups excluding carboxylic acids is 1. The zero-order valence-electron chi connectivity index (χ0n) is 12.2. The number of hydrogen-bond donors (Lipinski definition) is 1. The summed E-state index contributed by atoms with van der Waals surface area (Å²) < 4.78 is 5.10. The molecule has 0 aromatic heterocycles. The van der Waals surface area contributed by atoms with Gasteiger partial charge in [0, 0.05) is 18.7 Å². The van der Waals surface area contributed by atoms with Crippen molar-refractivity contribution >= 4 is 5.78 Å². The van der Waals surface area contributed by atoms with E-state index in [0.29, 0.717) is 5.92 Å². The van der Waals surface area contributed by atoms with Gasteiger partial charge < -0.3 is 9.84 Å². The van der Waals surface area contributed by atoms with E-state index >= 15 is 0 Å². The highest BCUT2D eigenvalue weighted by Crippen LogP contribution is 2.23. The number of ether oxygens (including phenoxy) is 1. The first-order valence-corrected chi connectivity index (χ1v) is 7.19. The second-order valence-corrected chi connectivity index (χ2v) is 5.43. The molecule has 1 saturated heterocycles. The second kappa shape index (κ2) is 6.86. The lowest BCUT2D eigenvalue weighted by Crippen LogP contribution is -2.37. The fourth-order valence-corrected chi connectivity index (χ4v) is 2.79. The van der Waals surface area contributed by atoms with Crippen LogP contribution in [0, 0.1) is 5.92 Å². The molecule has 4 heteroatoms. The van der Waals surface area contributed by atoms with E-state index in [0.717, 1.165) is 37.2 Å². The molecule has 20 heavy (non-hydrogen) atoms. The lowest BCUT2D eigenvalue weighted by Gasteiger charge is -2.23. The Labute approximate surface area is 120 Å². The first-order valence-electron chi connectivity index (χ1n) is 7.19. The van der Waals surface area contributed by atoms with Crippen molar-refractivity contribution in [3.8, 4) is 5.75 Å². The van der Waals surface area contributed by atoms with Gasteiger partial charge in [-0.15, -0.1) is 0 Å². The molecule has 0 bridgehead atoms. The highest BCUT2D eigenvalue weighted by Gasteiger charge is 2.29. The number of nitrogens with zero attached hydrogens (tertiary/aromatic N) is 1. The molecule has 1 aromatic rings. The van der Waals surface area contributed by atoms with Gasteiger partial charge in [0.15, 0.2) is 5.78 Å². The van der Waals surface area contributed by atoms with Gasteiger partial charge in [0.25, 0.3) is 0 Å². The summed E-state index contributed by atoms with van der Waals surface area (Å²) in [7, 11) is 1.62. The fraction of sp³-hybridized carbons (Fsp3) is 0.562. The molecule has 2 rings (SSSR count). The predicted molar refractivity (Wildman–Crippen MR) is 78.2 cm³/mol. The molecule has 1 heterocycles. The molecule has 0 aliphatic carbocycles. The Bertz CT molecular complexity index is 444. The van der Waals surface area contributed by atoms with Crippen molar-refractivity contribution in [3.63, 3.8) is 0 Å². The van der Waals surface area contributed by atoms with E-state index < -0.39 is 0 Å². The summed E-state index contributed by atoms with van der Waals surface area (Å²) in [6.45, 7) is 4.05. The van der Waals surface area contributed by atoms with Gasteiger partial charge in [-0.05, 0) is 56.5 Å². The Morgan fingerprint density at radius 2 is 2.15 bits per heavy atom. The maximum Gasteiger partial charge on any atom is 0.179 e. The van der Waals surface area contributed by atoms with Crippen LogP contribution in [-0.4, -0.2) is 48.6 Å². The Kier molecular flexibility index (Phi) is 5.15. The van der Waals surface area contributed by atoms with Crippen LogP contribution in [0.25, 0.3) is 0 Å². The third-order valence-corrected chi connectivity index (χ3v) is 4.16. The van der Waals surface area contributed by atoms with Crippen LogP contribution in [0.1, 0.15) is 30.1 Å². The predicted octanol–water partition coefficient (Wildman–Crippen LogP) is 1.97. The highest BCUT2D eigenvalue weighted by atomic mass is 16.5. The molecule has 0 amide bonds. The first-order chi connectivity index (χ1) is 9.65. The average molecular weight is 277 g/mol. The largest absolute Gasteiger partial charge is 0.497 e. The summed E-state index contributed by atoms with van der Waals surface area (Å²) in [5.74, 6) is 1.43. The minimum absolute atomic E-state index is 0.105. The molecular formula is C16H23NO3. The summed E-state index contributed by atoms with van der Waals surface area (Å²) in [5.41, 5.74) is 0.726. The molecule has 1 aromatic carbocycles. The van der Waals surface area contributed by atoms with Crippen molar-refractivity contribution in [2.45, 2.75) is 25.8 Å². The SMILES string of the molecule is COc1ccc(C(=O)C(C)N2CCC(CCO)C2)cc1. The Balaban J connectivity index is 1.97. The molecule has 0 spiro atoms. The van der Waals surface area contributed by atoms with Crippen molar-refractivity contribution < 1.29 is 14.6 Å². The fourth-order valence-electron chi connectivity index (χ4n) is 2.79. The normalized spacial score (nSPS) is 20.9. The Hall–Kier alpha value is -1.39. The van der Waals surface area contributed by atoms with E-state index in [1.807, 2.05) is 31.2 Å². The highest BCUT2D eigenvalue weighted by molar-refractivity contribution is 5.99. The van der Waals surface area contributed by atoms with Gasteiger partial charge in [0.05, 0.1) is 13.2 Å². The quantitative estimate of drug-likeness (QED) is 0.808. The van der Waals surface area contributed by atoms with Crippen molar-refractivity contribution in [3.05, 3.63) is 29.8 Å². The molecule has 1 aliphatic rings. The van der Waals surface area contributed by atoms with Gasteiger partial charge in [-0.3, -0.25) is 9.69 Å². The second-order valence-electron chi connectivity index (χ2n) is 5.43. The molecule has 110 valence electrons. The van der Waals surface area contributed by atoms with Crippen LogP contribution in [0.15, 0.2) is 24.3 Å². The molecule has 0 radical (unpaired) electrons. The number of methoxy groups -OCH3 is 1. The Morgan fingerprint density at radius 3 is 2.75 bits per heavy atom. The van der Waals surface area contributed by atoms with Crippen molar-refractivity contribution in [1.82, 2.24) is 4.90 Å². The number of carbonyl (C=O) groups is 1. The molecular weight excluding hydrogens is 254 g/mol. The first kappa shape index (κ1) is 15.0. The van der Waals surface area contributed by atoms with Crippen molar-refractivity contribution in [2.75, 3.05) is 26.8 Å². The number of aliphatic hydroxyl groups excluding tert-OH is 1. The number of likely N-dealkylation sites (tertiary alicyclic amines) is 1. The van der Waals surface area contributed by atoms with Crippen LogP contribution in [0.4, 0.5) is 0 Å². The molecule has 0 saturated carbocycles. The minimum Gasteiger partial charge on any atom is -0.497 e. The van der Waals surface area contributed by atoms with E-state index in [4.69, 9.17) is 9.84 Å². The standard InChI is InChI=1S/C16H23NO3/c1-12(17-9-7-13(11-17)8-10-18)16(19)14-3-5-15(20-2)6-4-14/h3-6,12-13,18H,7-11H2,1-2H3. The zero-order valence-corrected chi connectivity index (χ0v) is 12.2. The number of Topliss-reactive ketones (excluding diaryl/α,β-unsaturated/α-hetero) is 1. The van der Waals surface area contributed by atoms with Crippen LogP contribution in [0.2, 0.25) is 0 Å². The zero-order chi connectivity index (χ0) is 14.5. The maximum atomic E-state index is 12.5. The summed E-state index contributed by atoms with van der Waals surface area (Å²) in [6.07, 6.45) is 1.90. The summed E-state index contributed by atoms with van der Waals surface area (Å²) in [4.78, 5) is 14.7. The molecule has 4 nitrogen and oxygen atoms in total. The summed E-state index contributed by atoms with van der Waals surface area (Å²) in [6, 6.07) is 7.17. The summed E-state index contributed by atoms with van der Waals surface area (Å²) in [5, 5.41) is 8.99. The van der Waals surface area contributed by atoms with E-state index in [9.17, 15) is 4.79 Å². The molecule has 1 fully saturated rings. The number of aliphatic hydroxyl groups is 1. The third-order valence-electron chi connectivity index (χ3n) is 4.16. The lowest BCUT2D eigenvalue weighted by atomic mass is 10.0. The van der Waals surface area contributed by atoms with Gasteiger partial charge >= 0.3 is 0 Å². The van der Waals surface area contributed by atoms with Crippen LogP contribution in [-0.2, 0) is 0 Å². The van der Waals surface area contributed by atoms with Gasteiger partial charge in [-0.25, -0.2) is 0 Å². The van der Waals surface area contributed by atoms with E-state index in [-0.39, 0.29) is 18.4 Å². The lowest BCUT2D eigenvalue weighted by molar-refractivity contribution is 0.0861. The van der Waals surface area contributed by atoms with E-state index in [2.05, 4.69) is 4.90 Å². The molecule has 1 aliphatic heterocycles. The smallest absolute Gasteiger partial charge is 0.179 e. The van der Waals surface area contributed by atoms with Crippen LogP contribution in [0.3, 0.4) is 0 Å². The van der Waals surface area contributed by atoms with Crippen molar-refractivity contribution in [2.24, 2.45) is 5.92 Å². The van der Waals surface area contributed by atoms with Gasteiger partial charge in [-0.2, -0.15) is 0 Å². The third kappa shape index (κ3) is 3.38. The van der Waals surface area contributed by atoms with Crippen LogP contribution in [0.5, 0.6) is 5.75 Å². The Morgan fingerprint density at radius 1 is 1.45 bits per heavy atom. The van der Waals surface area contributed by atoms with Crippen molar-refractivity contribution in [1.29, 1.82) is 0 Å². The van der Waals surface area contributed by atoms with E-state index in [1.165, 1.54) is 0 Å². The van der Waals surface area contributed by atoms with Gasteiger partial charge in [0.1, 0.15) is 5.75 Å². The number of rotatable bonds is 6. The maximum absolute atomic E-state index is 12.5.